The minimum absolute atomic E-state index is 0.0484. The van der Waals surface area contributed by atoms with E-state index in [0.717, 1.165) is 18.7 Å². The van der Waals surface area contributed by atoms with E-state index in [1.165, 1.54) is 0 Å². The molecule has 0 aromatic carbocycles. The Hall–Kier alpha value is -1.40. The van der Waals surface area contributed by atoms with E-state index < -0.39 is 0 Å². The average Bonchev–Trinajstić information content (AvgIpc) is 3.02. The lowest BCUT2D eigenvalue weighted by atomic mass is 10.0. The number of nitrogens with one attached hydrogen (secondary N) is 2. The molecule has 2 N–H and O–H groups in total. The van der Waals surface area contributed by atoms with E-state index in [4.69, 9.17) is 4.74 Å². The minimum Gasteiger partial charge on any atom is -0.379 e. The van der Waals surface area contributed by atoms with E-state index >= 15 is 0 Å². The summed E-state index contributed by atoms with van der Waals surface area (Å²) >= 11 is 0. The first-order valence-corrected chi connectivity index (χ1v) is 6.78. The second-order valence-electron chi connectivity index (χ2n) is 4.87. The lowest BCUT2D eigenvalue weighted by molar-refractivity contribution is -0.125. The van der Waals surface area contributed by atoms with Crippen LogP contribution in [-0.2, 0) is 23.1 Å². The highest BCUT2D eigenvalue weighted by Crippen LogP contribution is 2.14. The maximum absolute atomic E-state index is 12.2. The molecule has 6 heteroatoms. The van der Waals surface area contributed by atoms with Gasteiger partial charge in [-0.15, -0.1) is 0 Å². The molecule has 106 valence electrons. The van der Waals surface area contributed by atoms with Gasteiger partial charge in [0.25, 0.3) is 0 Å². The Morgan fingerprint density at radius 2 is 2.42 bits per heavy atom. The monoisotopic (exact) mass is 266 g/mol. The first-order valence-electron chi connectivity index (χ1n) is 6.78. The van der Waals surface area contributed by atoms with Gasteiger partial charge in [-0.1, -0.05) is 6.92 Å². The van der Waals surface area contributed by atoms with Crippen LogP contribution in [0.1, 0.15) is 19.0 Å². The molecule has 1 aromatic rings. The fraction of sp³-hybridized carbons (Fsp3) is 0.692. The van der Waals surface area contributed by atoms with Crippen molar-refractivity contribution in [2.75, 3.05) is 19.8 Å². The van der Waals surface area contributed by atoms with Gasteiger partial charge in [-0.2, -0.15) is 5.10 Å². The van der Waals surface area contributed by atoms with E-state index in [-0.39, 0.29) is 17.9 Å². The van der Waals surface area contributed by atoms with Crippen LogP contribution >= 0.6 is 0 Å². The highest BCUT2D eigenvalue weighted by atomic mass is 16.5. The summed E-state index contributed by atoms with van der Waals surface area (Å²) in [4.78, 5) is 12.2. The number of carbonyl (C=O) groups excluding carboxylic acids is 1. The van der Waals surface area contributed by atoms with Gasteiger partial charge in [-0.3, -0.25) is 9.48 Å². The normalized spacial score (nSPS) is 22.6. The van der Waals surface area contributed by atoms with Gasteiger partial charge in [0.15, 0.2) is 0 Å². The Labute approximate surface area is 113 Å². The molecule has 2 unspecified atom stereocenters. The van der Waals surface area contributed by atoms with Crippen molar-refractivity contribution >= 4 is 5.91 Å². The molecule has 1 amide bonds. The van der Waals surface area contributed by atoms with Crippen molar-refractivity contribution in [3.63, 3.8) is 0 Å². The van der Waals surface area contributed by atoms with Crippen LogP contribution in [0.25, 0.3) is 0 Å². The molecule has 1 saturated heterocycles. The molecule has 2 rings (SSSR count). The molecular formula is C13H22N4O2. The summed E-state index contributed by atoms with van der Waals surface area (Å²) in [5.74, 6) is -0.0490. The van der Waals surface area contributed by atoms with Crippen LogP contribution in [0.2, 0.25) is 0 Å². The van der Waals surface area contributed by atoms with E-state index in [1.54, 1.807) is 10.9 Å². The minimum atomic E-state index is -0.0974. The zero-order valence-corrected chi connectivity index (χ0v) is 11.6. The Kier molecular flexibility index (Phi) is 4.93. The summed E-state index contributed by atoms with van der Waals surface area (Å²) in [6.45, 7) is 4.65. The molecule has 19 heavy (non-hydrogen) atoms. The SMILES string of the molecule is CCCNC1COCC1C(=O)NCc1ccnn1C. The third-order valence-electron chi connectivity index (χ3n) is 3.44. The Morgan fingerprint density at radius 3 is 3.11 bits per heavy atom. The zero-order chi connectivity index (χ0) is 13.7. The summed E-state index contributed by atoms with van der Waals surface area (Å²) < 4.78 is 7.17. The third-order valence-corrected chi connectivity index (χ3v) is 3.44. The van der Waals surface area contributed by atoms with Crippen molar-refractivity contribution in [1.82, 2.24) is 20.4 Å². The lowest BCUT2D eigenvalue weighted by Gasteiger charge is -2.18. The number of nitrogens with zero attached hydrogens (tertiary/aromatic N) is 2. The molecule has 6 nitrogen and oxygen atoms in total. The number of amides is 1. The quantitative estimate of drug-likeness (QED) is 0.763. The predicted molar refractivity (Wildman–Crippen MR) is 71.4 cm³/mol. The smallest absolute Gasteiger partial charge is 0.227 e. The predicted octanol–water partition coefficient (Wildman–Crippen LogP) is 0.0509. The van der Waals surface area contributed by atoms with Crippen LogP contribution in [0.4, 0.5) is 0 Å². The molecule has 1 aliphatic rings. The fourth-order valence-corrected chi connectivity index (χ4v) is 2.23. The molecule has 1 aliphatic heterocycles. The lowest BCUT2D eigenvalue weighted by Crippen LogP contribution is -2.44. The average molecular weight is 266 g/mol. The highest BCUT2D eigenvalue weighted by molar-refractivity contribution is 5.79. The highest BCUT2D eigenvalue weighted by Gasteiger charge is 2.33. The number of aromatic nitrogens is 2. The van der Waals surface area contributed by atoms with E-state index in [1.807, 2.05) is 13.1 Å². The van der Waals surface area contributed by atoms with Crippen molar-refractivity contribution in [2.24, 2.45) is 13.0 Å². The van der Waals surface area contributed by atoms with E-state index in [0.29, 0.717) is 19.8 Å². The van der Waals surface area contributed by atoms with E-state index in [9.17, 15) is 4.79 Å². The number of hydrogen-bond acceptors (Lipinski definition) is 4. The van der Waals surface area contributed by atoms with Gasteiger partial charge < -0.3 is 15.4 Å². The standard InChI is InChI=1S/C13H22N4O2/c1-3-5-14-12-9-19-8-11(12)13(18)15-7-10-4-6-16-17(10)2/h4,6,11-12,14H,3,5,7-9H2,1-2H3,(H,15,18). The molecule has 0 bridgehead atoms. The maximum atomic E-state index is 12.2. The van der Waals surface area contributed by atoms with Gasteiger partial charge in [-0.05, 0) is 19.0 Å². The summed E-state index contributed by atoms with van der Waals surface area (Å²) in [6.07, 6.45) is 2.78. The first kappa shape index (κ1) is 14.0. The number of hydrogen-bond donors (Lipinski definition) is 2. The summed E-state index contributed by atoms with van der Waals surface area (Å²) in [6, 6.07) is 2.03. The summed E-state index contributed by atoms with van der Waals surface area (Å²) in [5.41, 5.74) is 0.991. The second kappa shape index (κ2) is 6.68. The van der Waals surface area contributed by atoms with Crippen molar-refractivity contribution in [3.8, 4) is 0 Å². The van der Waals surface area contributed by atoms with Crippen LogP contribution in [-0.4, -0.2) is 41.5 Å². The van der Waals surface area contributed by atoms with Crippen molar-refractivity contribution in [1.29, 1.82) is 0 Å². The van der Waals surface area contributed by atoms with Crippen LogP contribution < -0.4 is 10.6 Å². The number of rotatable bonds is 6. The zero-order valence-electron chi connectivity index (χ0n) is 11.6. The van der Waals surface area contributed by atoms with Crippen LogP contribution in [0, 0.1) is 5.92 Å². The topological polar surface area (TPSA) is 68.2 Å². The van der Waals surface area contributed by atoms with Gasteiger partial charge in [0.1, 0.15) is 0 Å². The summed E-state index contributed by atoms with van der Waals surface area (Å²) in [7, 11) is 1.87. The first-order chi connectivity index (χ1) is 9.22. The molecular weight excluding hydrogens is 244 g/mol. The van der Waals surface area contributed by atoms with Crippen molar-refractivity contribution in [2.45, 2.75) is 25.9 Å². The van der Waals surface area contributed by atoms with Crippen LogP contribution in [0.5, 0.6) is 0 Å². The Morgan fingerprint density at radius 1 is 1.58 bits per heavy atom. The van der Waals surface area contributed by atoms with Gasteiger partial charge in [-0.25, -0.2) is 0 Å². The second-order valence-corrected chi connectivity index (χ2v) is 4.87. The van der Waals surface area contributed by atoms with Gasteiger partial charge in [0.2, 0.25) is 5.91 Å². The Balaban J connectivity index is 1.83. The third kappa shape index (κ3) is 3.54. The van der Waals surface area contributed by atoms with Crippen LogP contribution in [0.15, 0.2) is 12.3 Å². The Bertz CT molecular complexity index is 419. The molecule has 2 atom stereocenters. The maximum Gasteiger partial charge on any atom is 0.227 e. The molecule has 1 aromatic heterocycles. The largest absolute Gasteiger partial charge is 0.379 e. The molecule has 0 aliphatic carbocycles. The van der Waals surface area contributed by atoms with Crippen molar-refractivity contribution < 1.29 is 9.53 Å². The molecule has 0 radical (unpaired) electrons. The van der Waals surface area contributed by atoms with E-state index in [2.05, 4.69) is 22.7 Å². The van der Waals surface area contributed by atoms with Crippen molar-refractivity contribution in [3.05, 3.63) is 18.0 Å². The van der Waals surface area contributed by atoms with Gasteiger partial charge in [0.05, 0.1) is 31.4 Å². The summed E-state index contributed by atoms with van der Waals surface area (Å²) in [5, 5.41) is 10.4. The molecule has 0 spiro atoms. The molecule has 0 saturated carbocycles. The van der Waals surface area contributed by atoms with Gasteiger partial charge in [0, 0.05) is 19.3 Å². The fourth-order valence-electron chi connectivity index (χ4n) is 2.23. The number of carbonyl (C=O) groups is 1. The number of aryl methyl sites for hydroxylation is 1. The molecule has 1 fully saturated rings. The number of ether oxygens (including phenoxy) is 1. The molecule has 2 heterocycles. The van der Waals surface area contributed by atoms with Crippen LogP contribution in [0.3, 0.4) is 0 Å². The van der Waals surface area contributed by atoms with Gasteiger partial charge >= 0.3 is 0 Å².